The summed E-state index contributed by atoms with van der Waals surface area (Å²) in [6.45, 7) is 6.17. The number of fused-ring (bicyclic) bond motifs is 1. The molecule has 124 valence electrons. The third-order valence-electron chi connectivity index (χ3n) is 5.02. The highest BCUT2D eigenvalue weighted by molar-refractivity contribution is 6.00. The van der Waals surface area contributed by atoms with Gasteiger partial charge in [-0.15, -0.1) is 0 Å². The van der Waals surface area contributed by atoms with E-state index < -0.39 is 22.7 Å². The van der Waals surface area contributed by atoms with Gasteiger partial charge in [0.05, 0.1) is 12.1 Å². The largest absolute Gasteiger partial charge is 0.386 e. The van der Waals surface area contributed by atoms with Crippen molar-refractivity contribution in [2.45, 2.75) is 32.6 Å². The number of hydrogen-bond donors (Lipinski definition) is 1. The van der Waals surface area contributed by atoms with E-state index in [2.05, 4.69) is 17.1 Å². The molecule has 1 aromatic rings. The van der Waals surface area contributed by atoms with E-state index >= 15 is 0 Å². The maximum absolute atomic E-state index is 10.1. The van der Waals surface area contributed by atoms with Crippen LogP contribution in [-0.2, 0) is 9.47 Å². The van der Waals surface area contributed by atoms with E-state index in [0.717, 1.165) is 11.1 Å². The maximum Gasteiger partial charge on any atom is 0.293 e. The van der Waals surface area contributed by atoms with Crippen LogP contribution in [0.1, 0.15) is 30.9 Å². The van der Waals surface area contributed by atoms with Crippen molar-refractivity contribution in [3.63, 3.8) is 0 Å². The lowest BCUT2D eigenvalue weighted by atomic mass is 9.93. The molecule has 6 nitrogen and oxygen atoms in total. The molecule has 3 unspecified atom stereocenters. The Hall–Kier alpha value is -2.41. The quantitative estimate of drug-likeness (QED) is 0.836. The van der Waals surface area contributed by atoms with Crippen molar-refractivity contribution in [1.82, 2.24) is 0 Å². The van der Waals surface area contributed by atoms with Crippen LogP contribution < -0.4 is 5.73 Å². The molecule has 6 heteroatoms. The Bertz CT molecular complexity index is 768. The molecule has 24 heavy (non-hydrogen) atoms. The van der Waals surface area contributed by atoms with Crippen LogP contribution in [0.5, 0.6) is 0 Å². The monoisotopic (exact) mass is 324 g/mol. The lowest BCUT2D eigenvalue weighted by Crippen LogP contribution is -2.43. The highest BCUT2D eigenvalue weighted by atomic mass is 16.7. The second-order valence-corrected chi connectivity index (χ2v) is 6.13. The first-order valence-electron chi connectivity index (χ1n) is 8.02. The molecular formula is C18H20N4O2. The molecule has 2 aliphatic rings. The van der Waals surface area contributed by atoms with Gasteiger partial charge in [-0.3, -0.25) is 0 Å². The van der Waals surface area contributed by atoms with Crippen molar-refractivity contribution in [3.05, 3.63) is 35.4 Å². The Morgan fingerprint density at radius 1 is 1.12 bits per heavy atom. The van der Waals surface area contributed by atoms with Gasteiger partial charge in [-0.2, -0.15) is 10.5 Å². The van der Waals surface area contributed by atoms with E-state index in [0.29, 0.717) is 13.2 Å². The fourth-order valence-corrected chi connectivity index (χ4v) is 4.01. The molecule has 3 rings (SSSR count). The van der Waals surface area contributed by atoms with Crippen LogP contribution in [0, 0.1) is 40.4 Å². The first kappa shape index (κ1) is 16.4. The van der Waals surface area contributed by atoms with Gasteiger partial charge in [0.1, 0.15) is 11.3 Å². The standard InChI is InChI=1S/C18H20N4O2/c1-4-23-18(24-5-2)17(11-20)14(13-8-6-12(3)7-9-13)16(17,10-19)15(21)22-18/h6-9,14H,4-5H2,1-3H3,(H2,21,22). The number of nitrogens with zero attached hydrogens (tertiary/aromatic N) is 3. The van der Waals surface area contributed by atoms with Crippen LogP contribution >= 0.6 is 0 Å². The summed E-state index contributed by atoms with van der Waals surface area (Å²) in [5.41, 5.74) is 5.60. The van der Waals surface area contributed by atoms with Crippen LogP contribution in [-0.4, -0.2) is 25.0 Å². The van der Waals surface area contributed by atoms with Crippen molar-refractivity contribution in [2.75, 3.05) is 13.2 Å². The number of nitrogens with two attached hydrogens (primary N) is 1. The molecule has 1 heterocycles. The zero-order chi connectivity index (χ0) is 17.6. The lowest BCUT2D eigenvalue weighted by molar-refractivity contribution is -0.255. The zero-order valence-electron chi connectivity index (χ0n) is 14.0. The van der Waals surface area contributed by atoms with E-state index in [9.17, 15) is 10.5 Å². The van der Waals surface area contributed by atoms with E-state index in [1.54, 1.807) is 13.8 Å². The number of aliphatic imine (C=N–C) groups is 1. The molecule has 1 aromatic carbocycles. The van der Waals surface area contributed by atoms with Crippen LogP contribution in [0.15, 0.2) is 29.3 Å². The van der Waals surface area contributed by atoms with Crippen molar-refractivity contribution >= 4 is 5.84 Å². The number of rotatable bonds is 5. The van der Waals surface area contributed by atoms with E-state index in [1.807, 2.05) is 31.2 Å². The number of benzene rings is 1. The van der Waals surface area contributed by atoms with Gasteiger partial charge in [0.25, 0.3) is 5.91 Å². The second kappa shape index (κ2) is 5.31. The normalized spacial score (nSPS) is 32.4. The van der Waals surface area contributed by atoms with Gasteiger partial charge >= 0.3 is 0 Å². The van der Waals surface area contributed by atoms with Crippen LogP contribution in [0.3, 0.4) is 0 Å². The summed E-state index contributed by atoms with van der Waals surface area (Å²) in [5.74, 6) is -1.86. The molecule has 1 aliphatic heterocycles. The third-order valence-corrected chi connectivity index (χ3v) is 5.02. The topological polar surface area (TPSA) is 104 Å². The molecule has 1 aliphatic carbocycles. The van der Waals surface area contributed by atoms with E-state index in [4.69, 9.17) is 15.2 Å². The van der Waals surface area contributed by atoms with Gasteiger partial charge in [0.2, 0.25) is 0 Å². The Kier molecular flexibility index (Phi) is 3.64. The summed E-state index contributed by atoms with van der Waals surface area (Å²) >= 11 is 0. The molecule has 0 amide bonds. The molecule has 0 saturated heterocycles. The molecule has 3 atom stereocenters. The van der Waals surface area contributed by atoms with Crippen molar-refractivity contribution in [2.24, 2.45) is 21.6 Å². The number of hydrogen-bond acceptors (Lipinski definition) is 6. The van der Waals surface area contributed by atoms with Gasteiger partial charge in [-0.1, -0.05) is 29.8 Å². The minimum Gasteiger partial charge on any atom is -0.386 e. The van der Waals surface area contributed by atoms with Gasteiger partial charge in [0, 0.05) is 19.1 Å². The second-order valence-electron chi connectivity index (χ2n) is 6.13. The van der Waals surface area contributed by atoms with Crippen LogP contribution in [0.4, 0.5) is 0 Å². The fourth-order valence-electron chi connectivity index (χ4n) is 4.01. The van der Waals surface area contributed by atoms with Gasteiger partial charge < -0.3 is 15.2 Å². The summed E-state index contributed by atoms with van der Waals surface area (Å²) in [6, 6.07) is 12.3. The molecule has 0 radical (unpaired) electrons. The highest BCUT2D eigenvalue weighted by Crippen LogP contribution is 2.81. The number of aryl methyl sites for hydroxylation is 1. The van der Waals surface area contributed by atoms with Crippen molar-refractivity contribution in [3.8, 4) is 12.1 Å². The first-order valence-corrected chi connectivity index (χ1v) is 8.02. The Balaban J connectivity index is 2.21. The fraction of sp³-hybridized carbons (Fsp3) is 0.500. The zero-order valence-corrected chi connectivity index (χ0v) is 14.0. The number of ether oxygens (including phenoxy) is 2. The summed E-state index contributed by atoms with van der Waals surface area (Å²) in [5, 5.41) is 20.0. The number of amidine groups is 1. The Labute approximate surface area is 141 Å². The Morgan fingerprint density at radius 2 is 1.71 bits per heavy atom. The van der Waals surface area contributed by atoms with Crippen molar-refractivity contribution in [1.29, 1.82) is 10.5 Å². The van der Waals surface area contributed by atoms with E-state index in [1.165, 1.54) is 0 Å². The SMILES string of the molecule is CCOC1(OCC)N=C(N)C2(C#N)C(c3ccc(C)cc3)C12C#N. The molecular weight excluding hydrogens is 304 g/mol. The average Bonchev–Trinajstić information content (AvgIpc) is 3.15. The van der Waals surface area contributed by atoms with E-state index in [-0.39, 0.29) is 5.84 Å². The van der Waals surface area contributed by atoms with Gasteiger partial charge in [0.15, 0.2) is 5.41 Å². The minimum absolute atomic E-state index is 0.110. The third kappa shape index (κ3) is 1.62. The number of nitriles is 2. The lowest BCUT2D eigenvalue weighted by Gasteiger charge is -2.31. The van der Waals surface area contributed by atoms with Crippen molar-refractivity contribution < 1.29 is 9.47 Å². The summed E-state index contributed by atoms with van der Waals surface area (Å²) in [4.78, 5) is 4.31. The molecule has 2 N–H and O–H groups in total. The maximum atomic E-state index is 10.1. The van der Waals surface area contributed by atoms with Gasteiger partial charge in [-0.25, -0.2) is 4.99 Å². The molecule has 1 saturated carbocycles. The average molecular weight is 324 g/mol. The first-order chi connectivity index (χ1) is 11.5. The smallest absolute Gasteiger partial charge is 0.293 e. The Morgan fingerprint density at radius 3 is 2.17 bits per heavy atom. The molecule has 0 spiro atoms. The molecule has 1 fully saturated rings. The highest BCUT2D eigenvalue weighted by Gasteiger charge is 2.93. The minimum atomic E-state index is -1.54. The predicted octanol–water partition coefficient (Wildman–Crippen LogP) is 2.21. The predicted molar refractivity (Wildman–Crippen MR) is 87.6 cm³/mol. The molecule has 0 bridgehead atoms. The summed E-state index contributed by atoms with van der Waals surface area (Å²) < 4.78 is 11.6. The van der Waals surface area contributed by atoms with Crippen LogP contribution in [0.25, 0.3) is 0 Å². The summed E-state index contributed by atoms with van der Waals surface area (Å²) in [6.07, 6.45) is 0. The summed E-state index contributed by atoms with van der Waals surface area (Å²) in [7, 11) is 0. The van der Waals surface area contributed by atoms with Gasteiger partial charge in [-0.05, 0) is 26.3 Å². The van der Waals surface area contributed by atoms with Crippen LogP contribution in [0.2, 0.25) is 0 Å². The molecule has 0 aromatic heterocycles.